The molecular formula is C26H28F2SiZr. The zero-order valence-corrected chi connectivity index (χ0v) is 22.0. The van der Waals surface area contributed by atoms with Gasteiger partial charge in [-0.2, -0.15) is 11.1 Å². The molecule has 0 fully saturated rings. The first kappa shape index (κ1) is 24.8. The molecule has 0 radical (unpaired) electrons. The summed E-state index contributed by atoms with van der Waals surface area (Å²) in [6, 6.07) is 15.2. The SMILES string of the molecule is CC1=[C-]C(C)C(C)=C1C.C[Si](C)=[Zr+2].Fc1cc(F)cc(-c2c[cH-]c3ccccc23)c1. The summed E-state index contributed by atoms with van der Waals surface area (Å²) in [7, 11) is 0. The average molecular weight is 498 g/mol. The van der Waals surface area contributed by atoms with Crippen LogP contribution in [0.4, 0.5) is 8.78 Å². The second kappa shape index (κ2) is 11.2. The molecule has 0 N–H and O–H groups in total. The smallest absolute Gasteiger partial charge is 0.125 e. The van der Waals surface area contributed by atoms with Crippen LogP contribution in [0, 0.1) is 23.6 Å². The molecule has 0 amide bonds. The van der Waals surface area contributed by atoms with E-state index in [1.807, 2.05) is 36.4 Å². The van der Waals surface area contributed by atoms with E-state index in [4.69, 9.17) is 0 Å². The minimum absolute atomic E-state index is 0.210. The van der Waals surface area contributed by atoms with E-state index in [0.717, 1.165) is 22.4 Å². The molecule has 1 atom stereocenters. The number of rotatable bonds is 1. The summed E-state index contributed by atoms with van der Waals surface area (Å²) in [6.07, 6.45) is 3.36. The van der Waals surface area contributed by atoms with Crippen LogP contribution in [-0.4, -0.2) is 5.43 Å². The maximum absolute atomic E-state index is 13.2. The van der Waals surface area contributed by atoms with Crippen LogP contribution in [0.2, 0.25) is 13.1 Å². The molecule has 0 aliphatic heterocycles. The van der Waals surface area contributed by atoms with Gasteiger partial charge in [0.15, 0.2) is 0 Å². The molecule has 4 rings (SSSR count). The maximum Gasteiger partial charge on any atom is 0.125 e. The van der Waals surface area contributed by atoms with Crippen molar-refractivity contribution in [2.45, 2.75) is 40.8 Å². The molecule has 0 aromatic heterocycles. The fraction of sp³-hybridized carbons (Fsp3) is 0.269. The molecule has 0 heterocycles. The summed E-state index contributed by atoms with van der Waals surface area (Å²) in [5.41, 5.74) is 5.89. The molecule has 0 bridgehead atoms. The molecule has 0 nitrogen and oxygen atoms in total. The molecule has 30 heavy (non-hydrogen) atoms. The number of allylic oxidation sites excluding steroid dienone is 4. The second-order valence-electron chi connectivity index (χ2n) is 7.79. The molecule has 0 saturated carbocycles. The number of fused-ring (bicyclic) bond motifs is 1. The van der Waals surface area contributed by atoms with Gasteiger partial charge in [0.2, 0.25) is 0 Å². The van der Waals surface area contributed by atoms with Gasteiger partial charge in [0.25, 0.3) is 0 Å². The van der Waals surface area contributed by atoms with E-state index in [1.165, 1.54) is 28.9 Å². The van der Waals surface area contributed by atoms with Crippen LogP contribution in [0.3, 0.4) is 0 Å². The van der Waals surface area contributed by atoms with Gasteiger partial charge in [-0.3, -0.25) is 6.08 Å². The van der Waals surface area contributed by atoms with Gasteiger partial charge in [0.05, 0.1) is 0 Å². The third kappa shape index (κ3) is 6.75. The minimum atomic E-state index is -0.551. The van der Waals surface area contributed by atoms with Crippen LogP contribution >= 0.6 is 0 Å². The minimum Gasteiger partial charge on any atom is -0.207 e. The van der Waals surface area contributed by atoms with E-state index < -0.39 is 11.6 Å². The van der Waals surface area contributed by atoms with Gasteiger partial charge >= 0.3 is 41.9 Å². The normalized spacial score (nSPS) is 15.3. The number of hydrogen-bond donors (Lipinski definition) is 0. The molecule has 1 aliphatic carbocycles. The Labute approximate surface area is 194 Å². The van der Waals surface area contributed by atoms with Crippen LogP contribution in [0.5, 0.6) is 0 Å². The van der Waals surface area contributed by atoms with Crippen molar-refractivity contribution in [2.75, 3.05) is 0 Å². The molecule has 154 valence electrons. The fourth-order valence-corrected chi connectivity index (χ4v) is 3.27. The van der Waals surface area contributed by atoms with Crippen molar-refractivity contribution in [3.05, 3.63) is 89.0 Å². The molecule has 1 unspecified atom stereocenters. The van der Waals surface area contributed by atoms with Gasteiger partial charge in [-0.15, -0.1) is 53.6 Å². The summed E-state index contributed by atoms with van der Waals surface area (Å²) in [4.78, 5) is 0. The molecule has 4 heteroatoms. The molecule has 3 aromatic carbocycles. The first-order chi connectivity index (χ1) is 14.1. The predicted octanol–water partition coefficient (Wildman–Crippen LogP) is 8.01. The first-order valence-electron chi connectivity index (χ1n) is 10.0. The monoisotopic (exact) mass is 496 g/mol. The third-order valence-corrected chi connectivity index (χ3v) is 5.09. The maximum atomic E-state index is 13.2. The van der Waals surface area contributed by atoms with E-state index in [0.29, 0.717) is 11.5 Å². The van der Waals surface area contributed by atoms with E-state index in [9.17, 15) is 8.78 Å². The predicted molar refractivity (Wildman–Crippen MR) is 122 cm³/mol. The largest absolute Gasteiger partial charge is 0.207 e. The summed E-state index contributed by atoms with van der Waals surface area (Å²) >= 11 is 1.74. The summed E-state index contributed by atoms with van der Waals surface area (Å²) in [5.74, 6) is -0.541. The Morgan fingerprint density at radius 3 is 2.03 bits per heavy atom. The van der Waals surface area contributed by atoms with Crippen LogP contribution in [0.25, 0.3) is 21.9 Å². The van der Waals surface area contributed by atoms with E-state index in [2.05, 4.69) is 46.9 Å². The number of benzene rings is 2. The van der Waals surface area contributed by atoms with Crippen molar-refractivity contribution in [2.24, 2.45) is 5.92 Å². The Kier molecular flexibility index (Phi) is 9.25. The molecule has 0 saturated heterocycles. The van der Waals surface area contributed by atoms with Crippen molar-refractivity contribution >= 4 is 16.2 Å². The third-order valence-electron chi connectivity index (χ3n) is 5.09. The van der Waals surface area contributed by atoms with E-state index >= 15 is 0 Å². The van der Waals surface area contributed by atoms with Gasteiger partial charge < -0.3 is 0 Å². The molecule has 3 aromatic rings. The van der Waals surface area contributed by atoms with Crippen LogP contribution in [0.1, 0.15) is 27.7 Å². The molecular weight excluding hydrogens is 470 g/mol. The van der Waals surface area contributed by atoms with Crippen molar-refractivity contribution in [3.63, 3.8) is 0 Å². The summed E-state index contributed by atoms with van der Waals surface area (Å²) < 4.78 is 26.4. The summed E-state index contributed by atoms with van der Waals surface area (Å²) in [6.45, 7) is 13.3. The van der Waals surface area contributed by atoms with Gasteiger partial charge in [-0.05, 0) is 12.1 Å². The van der Waals surface area contributed by atoms with Gasteiger partial charge in [0, 0.05) is 6.07 Å². The second-order valence-corrected chi connectivity index (χ2v) is 17.2. The van der Waals surface area contributed by atoms with Gasteiger partial charge in [0.1, 0.15) is 11.6 Å². The Balaban J connectivity index is 0.000000207. The Hall–Kier alpha value is -1.51. The van der Waals surface area contributed by atoms with Crippen LogP contribution in [0.15, 0.2) is 71.3 Å². The summed E-state index contributed by atoms with van der Waals surface area (Å²) in [5, 5.41) is 2.09. The Morgan fingerprint density at radius 1 is 1.00 bits per heavy atom. The van der Waals surface area contributed by atoms with Gasteiger partial charge in [-0.25, -0.2) is 14.4 Å². The van der Waals surface area contributed by atoms with Crippen LogP contribution < -0.4 is 0 Å². The van der Waals surface area contributed by atoms with E-state index in [-0.39, 0.29) is 5.43 Å². The quantitative estimate of drug-likeness (QED) is 0.236. The van der Waals surface area contributed by atoms with Crippen molar-refractivity contribution in [1.82, 2.24) is 0 Å². The van der Waals surface area contributed by atoms with Crippen molar-refractivity contribution in [3.8, 4) is 11.1 Å². The number of hydrogen-bond acceptors (Lipinski definition) is 0. The van der Waals surface area contributed by atoms with E-state index in [1.54, 1.807) is 23.3 Å². The average Bonchev–Trinajstić information content (AvgIpc) is 3.18. The number of halogens is 2. The standard InChI is InChI=1S/C15H9F2.C9H13.C2H6Si.Zr/c16-12-7-11(8-13(17)9-12)15-6-5-10-3-1-2-4-14(10)15;1-6-5-7(2)9(4)8(6)3;1-3-2;/h1-9H;6H,1-4H3;1-2H3;/q2*-1;;+2. The topological polar surface area (TPSA) is 0 Å². The first-order valence-corrected chi connectivity index (χ1v) is 16.2. The zero-order valence-electron chi connectivity index (χ0n) is 18.5. The molecule has 0 spiro atoms. The zero-order chi connectivity index (χ0) is 22.4. The van der Waals surface area contributed by atoms with Crippen LogP contribution in [-0.2, 0) is 23.3 Å². The Bertz CT molecular complexity index is 1080. The fourth-order valence-electron chi connectivity index (χ4n) is 3.27. The molecule has 1 aliphatic rings. The Morgan fingerprint density at radius 2 is 1.57 bits per heavy atom. The van der Waals surface area contributed by atoms with Crippen molar-refractivity contribution < 1.29 is 32.1 Å². The van der Waals surface area contributed by atoms with Crippen molar-refractivity contribution in [1.29, 1.82) is 0 Å². The van der Waals surface area contributed by atoms with Gasteiger partial charge in [-0.1, -0.05) is 38.3 Å².